The van der Waals surface area contributed by atoms with Crippen LogP contribution in [0.4, 0.5) is 0 Å². The van der Waals surface area contributed by atoms with Gasteiger partial charge in [0.2, 0.25) is 5.88 Å². The van der Waals surface area contributed by atoms with Crippen LogP contribution < -0.4 is 4.74 Å². The van der Waals surface area contributed by atoms with Gasteiger partial charge in [0.25, 0.3) is 0 Å². The van der Waals surface area contributed by atoms with Crippen LogP contribution in [0.1, 0.15) is 45.1 Å². The first-order valence-electron chi connectivity index (χ1n) is 6.24. The fraction of sp³-hybridized carbons (Fsp3) is 0.429. The number of nitrogens with one attached hydrogen (secondary N) is 1. The highest BCUT2D eigenvalue weighted by Gasteiger charge is 2.05. The summed E-state index contributed by atoms with van der Waals surface area (Å²) in [4.78, 5) is 18.1. The number of ketones is 1. The van der Waals surface area contributed by atoms with Gasteiger partial charge in [0.1, 0.15) is 0 Å². The van der Waals surface area contributed by atoms with E-state index in [0.717, 1.165) is 10.9 Å². The molecular formula is C14H22N2O2. The second-order valence-corrected chi connectivity index (χ2v) is 3.05. The second kappa shape index (κ2) is 8.28. The topological polar surface area (TPSA) is 55.0 Å². The SMILES string of the molecule is CC.CC.COc1cc2cc(C(C)=O)[nH]c2cn1. The Morgan fingerprint density at radius 2 is 1.83 bits per heavy atom. The maximum Gasteiger partial charge on any atom is 0.213 e. The number of ether oxygens (including phenoxy) is 1. The summed E-state index contributed by atoms with van der Waals surface area (Å²) in [7, 11) is 1.56. The van der Waals surface area contributed by atoms with Gasteiger partial charge in [-0.2, -0.15) is 0 Å². The predicted molar refractivity (Wildman–Crippen MR) is 75.3 cm³/mol. The fourth-order valence-electron chi connectivity index (χ4n) is 1.31. The van der Waals surface area contributed by atoms with Crippen LogP contribution in [0, 0.1) is 0 Å². The number of carbonyl (C=O) groups excluding carboxylic acids is 1. The van der Waals surface area contributed by atoms with Crippen LogP contribution >= 0.6 is 0 Å². The number of aromatic amines is 1. The maximum atomic E-state index is 11.1. The third-order valence-electron chi connectivity index (χ3n) is 2.07. The van der Waals surface area contributed by atoms with Crippen LogP contribution in [-0.4, -0.2) is 22.9 Å². The molecule has 0 aliphatic heterocycles. The van der Waals surface area contributed by atoms with Crippen molar-refractivity contribution in [3.05, 3.63) is 24.0 Å². The molecule has 2 aromatic heterocycles. The van der Waals surface area contributed by atoms with Crippen molar-refractivity contribution in [2.24, 2.45) is 0 Å². The van der Waals surface area contributed by atoms with Gasteiger partial charge in [-0.05, 0) is 6.07 Å². The Morgan fingerprint density at radius 3 is 2.33 bits per heavy atom. The van der Waals surface area contributed by atoms with E-state index in [1.54, 1.807) is 25.4 Å². The van der Waals surface area contributed by atoms with Gasteiger partial charge in [-0.15, -0.1) is 0 Å². The molecule has 100 valence electrons. The average molecular weight is 250 g/mol. The van der Waals surface area contributed by atoms with Crippen LogP contribution in [0.25, 0.3) is 10.9 Å². The number of Topliss-reactive ketones (excluding diaryl/α,β-unsaturated/α-hetero) is 1. The van der Waals surface area contributed by atoms with E-state index < -0.39 is 0 Å². The Morgan fingerprint density at radius 1 is 1.22 bits per heavy atom. The number of carbonyl (C=O) groups is 1. The van der Waals surface area contributed by atoms with E-state index in [1.807, 2.05) is 27.7 Å². The van der Waals surface area contributed by atoms with Crippen molar-refractivity contribution in [2.45, 2.75) is 34.6 Å². The molecule has 4 heteroatoms. The van der Waals surface area contributed by atoms with Gasteiger partial charge in [0, 0.05) is 18.4 Å². The molecule has 0 aliphatic rings. The Balaban J connectivity index is 0.000000659. The highest BCUT2D eigenvalue weighted by Crippen LogP contribution is 2.18. The Labute approximate surface area is 108 Å². The molecule has 1 N–H and O–H groups in total. The van der Waals surface area contributed by atoms with Crippen molar-refractivity contribution in [3.63, 3.8) is 0 Å². The molecule has 0 aromatic carbocycles. The summed E-state index contributed by atoms with van der Waals surface area (Å²) >= 11 is 0. The summed E-state index contributed by atoms with van der Waals surface area (Å²) < 4.78 is 4.98. The van der Waals surface area contributed by atoms with E-state index >= 15 is 0 Å². The lowest BCUT2D eigenvalue weighted by molar-refractivity contribution is 0.101. The Hall–Kier alpha value is -1.84. The van der Waals surface area contributed by atoms with Gasteiger partial charge in [-0.3, -0.25) is 4.79 Å². The lowest BCUT2D eigenvalue weighted by Crippen LogP contribution is -1.89. The summed E-state index contributed by atoms with van der Waals surface area (Å²) in [6, 6.07) is 3.58. The molecule has 0 amide bonds. The van der Waals surface area contributed by atoms with Crippen molar-refractivity contribution in [1.82, 2.24) is 9.97 Å². The first-order valence-corrected chi connectivity index (χ1v) is 6.24. The minimum atomic E-state index is 0.0140. The van der Waals surface area contributed by atoms with Gasteiger partial charge in [0.05, 0.1) is 24.5 Å². The molecule has 18 heavy (non-hydrogen) atoms. The number of fused-ring (bicyclic) bond motifs is 1. The third kappa shape index (κ3) is 3.87. The Bertz CT molecular complexity index is 489. The van der Waals surface area contributed by atoms with Crippen LogP contribution in [0.2, 0.25) is 0 Å². The fourth-order valence-corrected chi connectivity index (χ4v) is 1.31. The first kappa shape index (κ1) is 16.2. The highest BCUT2D eigenvalue weighted by molar-refractivity contribution is 5.97. The lowest BCUT2D eigenvalue weighted by atomic mass is 10.3. The molecule has 0 saturated carbocycles. The second-order valence-electron chi connectivity index (χ2n) is 3.05. The van der Waals surface area contributed by atoms with Gasteiger partial charge in [-0.1, -0.05) is 27.7 Å². The number of hydrogen-bond donors (Lipinski definition) is 1. The summed E-state index contributed by atoms with van der Waals surface area (Å²) in [5.41, 5.74) is 1.44. The lowest BCUT2D eigenvalue weighted by Gasteiger charge is -1.96. The van der Waals surface area contributed by atoms with E-state index in [9.17, 15) is 4.79 Å². The van der Waals surface area contributed by atoms with E-state index in [2.05, 4.69) is 9.97 Å². The van der Waals surface area contributed by atoms with E-state index in [4.69, 9.17) is 4.74 Å². The van der Waals surface area contributed by atoms with Crippen molar-refractivity contribution in [3.8, 4) is 5.88 Å². The summed E-state index contributed by atoms with van der Waals surface area (Å²) in [5.74, 6) is 0.562. The summed E-state index contributed by atoms with van der Waals surface area (Å²) in [6.45, 7) is 9.52. The third-order valence-corrected chi connectivity index (χ3v) is 2.07. The zero-order valence-corrected chi connectivity index (χ0v) is 12.0. The molecule has 0 spiro atoms. The van der Waals surface area contributed by atoms with Crippen LogP contribution in [0.3, 0.4) is 0 Å². The number of hydrogen-bond acceptors (Lipinski definition) is 3. The number of rotatable bonds is 2. The van der Waals surface area contributed by atoms with Crippen molar-refractivity contribution in [2.75, 3.05) is 7.11 Å². The highest BCUT2D eigenvalue weighted by atomic mass is 16.5. The molecule has 4 nitrogen and oxygen atoms in total. The minimum Gasteiger partial charge on any atom is -0.481 e. The standard InChI is InChI=1S/C10H10N2O2.2C2H6/c1-6(13)8-3-7-4-10(14-2)11-5-9(7)12-8;2*1-2/h3-5,12H,1-2H3;2*1-2H3. The quantitative estimate of drug-likeness (QED) is 0.824. The first-order chi connectivity index (χ1) is 8.70. The molecule has 2 heterocycles. The number of aromatic nitrogens is 2. The molecular weight excluding hydrogens is 228 g/mol. The van der Waals surface area contributed by atoms with Crippen molar-refractivity contribution in [1.29, 1.82) is 0 Å². The van der Waals surface area contributed by atoms with Gasteiger partial charge < -0.3 is 9.72 Å². The maximum absolute atomic E-state index is 11.1. The predicted octanol–water partition coefficient (Wildman–Crippen LogP) is 3.83. The van der Waals surface area contributed by atoms with E-state index in [-0.39, 0.29) is 5.78 Å². The molecule has 0 bridgehead atoms. The number of nitrogens with zero attached hydrogens (tertiary/aromatic N) is 1. The zero-order chi connectivity index (χ0) is 14.1. The minimum absolute atomic E-state index is 0.0140. The van der Waals surface area contributed by atoms with Crippen LogP contribution in [-0.2, 0) is 0 Å². The Kier molecular flexibility index (Phi) is 7.43. The molecule has 0 saturated heterocycles. The van der Waals surface area contributed by atoms with Gasteiger partial charge in [-0.25, -0.2) is 4.98 Å². The van der Waals surface area contributed by atoms with Gasteiger partial charge >= 0.3 is 0 Å². The van der Waals surface area contributed by atoms with E-state index in [0.29, 0.717) is 11.6 Å². The summed E-state index contributed by atoms with van der Waals surface area (Å²) in [6.07, 6.45) is 1.65. The average Bonchev–Trinajstić information content (AvgIpc) is 2.86. The number of H-pyrrole nitrogens is 1. The van der Waals surface area contributed by atoms with Gasteiger partial charge in [0.15, 0.2) is 5.78 Å². The van der Waals surface area contributed by atoms with Crippen molar-refractivity contribution >= 4 is 16.7 Å². The molecule has 2 aromatic rings. The molecule has 0 aliphatic carbocycles. The zero-order valence-electron chi connectivity index (χ0n) is 12.0. The molecule has 0 unspecified atom stereocenters. The summed E-state index contributed by atoms with van der Waals surface area (Å²) in [5, 5.41) is 0.932. The van der Waals surface area contributed by atoms with Crippen molar-refractivity contribution < 1.29 is 9.53 Å². The largest absolute Gasteiger partial charge is 0.481 e. The van der Waals surface area contributed by atoms with E-state index in [1.165, 1.54) is 6.92 Å². The molecule has 0 atom stereocenters. The normalized spacial score (nSPS) is 8.78. The molecule has 2 rings (SSSR count). The monoisotopic (exact) mass is 250 g/mol. The molecule has 0 fully saturated rings. The molecule has 0 radical (unpaired) electrons. The van der Waals surface area contributed by atoms with Crippen LogP contribution in [0.15, 0.2) is 18.3 Å². The van der Waals surface area contributed by atoms with Crippen LogP contribution in [0.5, 0.6) is 5.88 Å². The smallest absolute Gasteiger partial charge is 0.213 e. The number of pyridine rings is 1. The number of methoxy groups -OCH3 is 1.